The van der Waals surface area contributed by atoms with Crippen LogP contribution >= 0.6 is 0 Å². The lowest BCUT2D eigenvalue weighted by molar-refractivity contribution is 0.109. The standard InChI is InChI=1S/C13H28N2/c1-5-11(4)13(8-14)15(10(2)3)9-12-6-7-12/h10-13H,5-9,14H2,1-4H3. The largest absolute Gasteiger partial charge is 0.329 e. The number of rotatable bonds is 7. The first kappa shape index (κ1) is 13.0. The second-order valence-corrected chi connectivity index (χ2v) is 5.42. The molecule has 0 aromatic rings. The maximum atomic E-state index is 5.94. The first-order chi connectivity index (χ1) is 7.10. The van der Waals surface area contributed by atoms with Gasteiger partial charge in [0.25, 0.3) is 0 Å². The second-order valence-electron chi connectivity index (χ2n) is 5.42. The van der Waals surface area contributed by atoms with E-state index >= 15 is 0 Å². The lowest BCUT2D eigenvalue weighted by Gasteiger charge is -2.37. The predicted octanol–water partition coefficient (Wildman–Crippen LogP) is 2.48. The summed E-state index contributed by atoms with van der Waals surface area (Å²) < 4.78 is 0. The molecule has 2 N–H and O–H groups in total. The minimum absolute atomic E-state index is 0.579. The fraction of sp³-hybridized carbons (Fsp3) is 1.00. The zero-order valence-corrected chi connectivity index (χ0v) is 10.9. The lowest BCUT2D eigenvalue weighted by atomic mass is 9.96. The third kappa shape index (κ3) is 3.76. The summed E-state index contributed by atoms with van der Waals surface area (Å²) in [5.74, 6) is 1.68. The molecule has 1 rings (SSSR count). The Bertz CT molecular complexity index is 175. The van der Waals surface area contributed by atoms with Crippen LogP contribution in [-0.4, -0.2) is 30.1 Å². The SMILES string of the molecule is CCC(C)C(CN)N(CC1CC1)C(C)C. The van der Waals surface area contributed by atoms with Gasteiger partial charge in [-0.05, 0) is 38.5 Å². The van der Waals surface area contributed by atoms with E-state index in [2.05, 4.69) is 32.6 Å². The Hall–Kier alpha value is -0.0800. The third-order valence-corrected chi connectivity index (χ3v) is 3.80. The van der Waals surface area contributed by atoms with E-state index in [1.54, 1.807) is 0 Å². The van der Waals surface area contributed by atoms with Crippen LogP contribution in [-0.2, 0) is 0 Å². The molecule has 2 heteroatoms. The van der Waals surface area contributed by atoms with Crippen LogP contribution in [0.3, 0.4) is 0 Å². The van der Waals surface area contributed by atoms with Gasteiger partial charge in [0.05, 0.1) is 0 Å². The fourth-order valence-electron chi connectivity index (χ4n) is 2.29. The molecule has 1 fully saturated rings. The first-order valence-corrected chi connectivity index (χ1v) is 6.55. The molecule has 0 aromatic heterocycles. The van der Waals surface area contributed by atoms with Gasteiger partial charge in [-0.1, -0.05) is 20.3 Å². The molecule has 0 spiro atoms. The molecule has 0 radical (unpaired) electrons. The molecule has 0 heterocycles. The highest BCUT2D eigenvalue weighted by Gasteiger charge is 2.30. The summed E-state index contributed by atoms with van der Waals surface area (Å²) in [5, 5.41) is 0. The summed E-state index contributed by atoms with van der Waals surface area (Å²) in [6.45, 7) is 11.3. The molecule has 2 nitrogen and oxygen atoms in total. The van der Waals surface area contributed by atoms with E-state index in [9.17, 15) is 0 Å². The Morgan fingerprint density at radius 1 is 1.27 bits per heavy atom. The summed E-state index contributed by atoms with van der Waals surface area (Å²) in [4.78, 5) is 2.63. The molecule has 0 saturated heterocycles. The molecule has 2 unspecified atom stereocenters. The van der Waals surface area contributed by atoms with Crippen molar-refractivity contribution < 1.29 is 0 Å². The fourth-order valence-corrected chi connectivity index (χ4v) is 2.29. The van der Waals surface area contributed by atoms with E-state index in [0.29, 0.717) is 12.1 Å². The van der Waals surface area contributed by atoms with Gasteiger partial charge in [-0.3, -0.25) is 4.90 Å². The van der Waals surface area contributed by atoms with Crippen molar-refractivity contribution in [2.24, 2.45) is 17.6 Å². The van der Waals surface area contributed by atoms with Gasteiger partial charge >= 0.3 is 0 Å². The molecule has 90 valence electrons. The van der Waals surface area contributed by atoms with Crippen LogP contribution in [0.25, 0.3) is 0 Å². The van der Waals surface area contributed by atoms with Crippen LogP contribution in [0, 0.1) is 11.8 Å². The Morgan fingerprint density at radius 2 is 1.87 bits per heavy atom. The maximum absolute atomic E-state index is 5.94. The number of hydrogen-bond donors (Lipinski definition) is 1. The quantitative estimate of drug-likeness (QED) is 0.702. The molecule has 0 amide bonds. The van der Waals surface area contributed by atoms with E-state index in [1.807, 2.05) is 0 Å². The topological polar surface area (TPSA) is 29.3 Å². The molecule has 0 aliphatic heterocycles. The minimum atomic E-state index is 0.579. The van der Waals surface area contributed by atoms with Crippen LogP contribution in [0.4, 0.5) is 0 Å². The van der Waals surface area contributed by atoms with Gasteiger partial charge in [0, 0.05) is 25.2 Å². The van der Waals surface area contributed by atoms with Crippen LogP contribution in [0.2, 0.25) is 0 Å². The molecule has 0 bridgehead atoms. The Balaban J connectivity index is 2.56. The average molecular weight is 212 g/mol. The molecule has 1 aliphatic carbocycles. The van der Waals surface area contributed by atoms with Crippen molar-refractivity contribution in [2.75, 3.05) is 13.1 Å². The Labute approximate surface area is 95.2 Å². The maximum Gasteiger partial charge on any atom is 0.0246 e. The predicted molar refractivity (Wildman–Crippen MR) is 66.9 cm³/mol. The molecular weight excluding hydrogens is 184 g/mol. The Morgan fingerprint density at radius 3 is 2.20 bits per heavy atom. The third-order valence-electron chi connectivity index (χ3n) is 3.80. The van der Waals surface area contributed by atoms with Crippen LogP contribution in [0.5, 0.6) is 0 Å². The van der Waals surface area contributed by atoms with Crippen molar-refractivity contribution in [1.82, 2.24) is 4.90 Å². The van der Waals surface area contributed by atoms with Crippen molar-refractivity contribution in [3.8, 4) is 0 Å². The summed E-state index contributed by atoms with van der Waals surface area (Å²) in [5.41, 5.74) is 5.94. The molecule has 1 aliphatic rings. The van der Waals surface area contributed by atoms with Crippen LogP contribution in [0.15, 0.2) is 0 Å². The van der Waals surface area contributed by atoms with Gasteiger partial charge in [-0.2, -0.15) is 0 Å². The van der Waals surface area contributed by atoms with Crippen molar-refractivity contribution in [1.29, 1.82) is 0 Å². The van der Waals surface area contributed by atoms with E-state index in [0.717, 1.165) is 18.4 Å². The van der Waals surface area contributed by atoms with Crippen LogP contribution in [0.1, 0.15) is 47.0 Å². The number of hydrogen-bond acceptors (Lipinski definition) is 2. The van der Waals surface area contributed by atoms with Gasteiger partial charge in [-0.25, -0.2) is 0 Å². The first-order valence-electron chi connectivity index (χ1n) is 6.55. The highest BCUT2D eigenvalue weighted by molar-refractivity contribution is 4.85. The monoisotopic (exact) mass is 212 g/mol. The lowest BCUT2D eigenvalue weighted by Crippen LogP contribution is -2.49. The minimum Gasteiger partial charge on any atom is -0.329 e. The summed E-state index contributed by atoms with van der Waals surface area (Å²) >= 11 is 0. The second kappa shape index (κ2) is 5.86. The van der Waals surface area contributed by atoms with Gasteiger partial charge in [0.2, 0.25) is 0 Å². The Kier molecular flexibility index (Phi) is 5.07. The number of nitrogens with zero attached hydrogens (tertiary/aromatic N) is 1. The normalized spacial score (nSPS) is 21.0. The van der Waals surface area contributed by atoms with Gasteiger partial charge in [0.1, 0.15) is 0 Å². The zero-order valence-electron chi connectivity index (χ0n) is 10.9. The number of nitrogens with two attached hydrogens (primary N) is 1. The molecular formula is C13H28N2. The van der Waals surface area contributed by atoms with E-state index in [-0.39, 0.29) is 0 Å². The smallest absolute Gasteiger partial charge is 0.0246 e. The van der Waals surface area contributed by atoms with Gasteiger partial charge < -0.3 is 5.73 Å². The summed E-state index contributed by atoms with van der Waals surface area (Å²) in [7, 11) is 0. The highest BCUT2D eigenvalue weighted by atomic mass is 15.2. The highest BCUT2D eigenvalue weighted by Crippen LogP contribution is 2.32. The van der Waals surface area contributed by atoms with Gasteiger partial charge in [0.15, 0.2) is 0 Å². The van der Waals surface area contributed by atoms with Crippen molar-refractivity contribution >= 4 is 0 Å². The molecule has 1 saturated carbocycles. The molecule has 2 atom stereocenters. The van der Waals surface area contributed by atoms with Crippen LogP contribution < -0.4 is 5.73 Å². The molecule has 0 aromatic carbocycles. The van der Waals surface area contributed by atoms with E-state index < -0.39 is 0 Å². The van der Waals surface area contributed by atoms with E-state index in [4.69, 9.17) is 5.73 Å². The molecule has 15 heavy (non-hydrogen) atoms. The summed E-state index contributed by atoms with van der Waals surface area (Å²) in [6.07, 6.45) is 4.10. The van der Waals surface area contributed by atoms with Crippen molar-refractivity contribution in [3.63, 3.8) is 0 Å². The van der Waals surface area contributed by atoms with Gasteiger partial charge in [-0.15, -0.1) is 0 Å². The van der Waals surface area contributed by atoms with Crippen molar-refractivity contribution in [2.45, 2.75) is 59.0 Å². The van der Waals surface area contributed by atoms with Crippen molar-refractivity contribution in [3.05, 3.63) is 0 Å². The zero-order chi connectivity index (χ0) is 11.4. The summed E-state index contributed by atoms with van der Waals surface area (Å²) in [6, 6.07) is 1.21. The van der Waals surface area contributed by atoms with E-state index in [1.165, 1.54) is 25.8 Å². The average Bonchev–Trinajstić information content (AvgIpc) is 3.00.